The smallest absolute Gasteiger partial charge is 0.307 e. The molecular formula is C18H23NO3. The zero-order valence-corrected chi connectivity index (χ0v) is 12.7. The van der Waals surface area contributed by atoms with Crippen LogP contribution in [0, 0.1) is 23.7 Å². The second-order valence-corrected chi connectivity index (χ2v) is 6.59. The summed E-state index contributed by atoms with van der Waals surface area (Å²) >= 11 is 0. The van der Waals surface area contributed by atoms with Crippen LogP contribution in [0.5, 0.6) is 0 Å². The SMILES string of the molecule is O=C(O)[C@@H]1C2CCC(CC2)[C@H]1C(=O)NCCc1ccccc1. The van der Waals surface area contributed by atoms with Crippen molar-refractivity contribution in [2.45, 2.75) is 32.1 Å². The standard InChI is InChI=1S/C18H23NO3/c20-17(19-11-10-12-4-2-1-3-5-12)15-13-6-8-14(9-7-13)16(15)18(21)22/h1-5,13-16H,6-11H2,(H,19,20)(H,21,22)/t13?,14?,15-,16-/m1/s1. The quantitative estimate of drug-likeness (QED) is 0.878. The van der Waals surface area contributed by atoms with Crippen LogP contribution >= 0.6 is 0 Å². The van der Waals surface area contributed by atoms with E-state index in [1.807, 2.05) is 30.3 Å². The van der Waals surface area contributed by atoms with E-state index in [1.165, 1.54) is 5.56 Å². The molecule has 0 radical (unpaired) electrons. The Kier molecular flexibility index (Phi) is 4.46. The van der Waals surface area contributed by atoms with Crippen molar-refractivity contribution in [3.63, 3.8) is 0 Å². The highest BCUT2D eigenvalue weighted by Gasteiger charge is 2.50. The molecular weight excluding hydrogens is 278 g/mol. The van der Waals surface area contributed by atoms with E-state index in [-0.39, 0.29) is 23.7 Å². The van der Waals surface area contributed by atoms with Gasteiger partial charge in [-0.1, -0.05) is 30.3 Å². The molecule has 0 spiro atoms. The molecule has 3 fully saturated rings. The van der Waals surface area contributed by atoms with Gasteiger partial charge in [-0.05, 0) is 49.5 Å². The van der Waals surface area contributed by atoms with Gasteiger partial charge in [-0.3, -0.25) is 9.59 Å². The van der Waals surface area contributed by atoms with Crippen molar-refractivity contribution in [1.82, 2.24) is 5.32 Å². The van der Waals surface area contributed by atoms with E-state index in [4.69, 9.17) is 0 Å². The van der Waals surface area contributed by atoms with Crippen LogP contribution in [0.25, 0.3) is 0 Å². The number of aliphatic carboxylic acids is 1. The van der Waals surface area contributed by atoms with Crippen molar-refractivity contribution in [3.05, 3.63) is 35.9 Å². The van der Waals surface area contributed by atoms with Gasteiger partial charge in [0.05, 0.1) is 11.8 Å². The molecule has 0 unspecified atom stereocenters. The lowest BCUT2D eigenvalue weighted by molar-refractivity contribution is -0.158. The molecule has 3 aliphatic rings. The highest BCUT2D eigenvalue weighted by atomic mass is 16.4. The van der Waals surface area contributed by atoms with Crippen LogP contribution in [0.4, 0.5) is 0 Å². The first-order valence-electron chi connectivity index (χ1n) is 8.21. The molecule has 3 saturated carbocycles. The molecule has 4 heteroatoms. The van der Waals surface area contributed by atoms with Crippen LogP contribution in [0.1, 0.15) is 31.2 Å². The summed E-state index contributed by atoms with van der Waals surface area (Å²) in [5.74, 6) is -1.23. The molecule has 4 nitrogen and oxygen atoms in total. The van der Waals surface area contributed by atoms with E-state index < -0.39 is 11.9 Å². The number of carbonyl (C=O) groups is 2. The van der Waals surface area contributed by atoms with E-state index in [2.05, 4.69) is 5.32 Å². The molecule has 0 saturated heterocycles. The highest BCUT2D eigenvalue weighted by molar-refractivity contribution is 5.85. The molecule has 1 amide bonds. The summed E-state index contributed by atoms with van der Waals surface area (Å²) in [5.41, 5.74) is 1.18. The van der Waals surface area contributed by atoms with Crippen LogP contribution in [-0.2, 0) is 16.0 Å². The molecule has 118 valence electrons. The molecule has 0 aromatic heterocycles. The average Bonchev–Trinajstić information content (AvgIpc) is 2.55. The molecule has 2 N–H and O–H groups in total. The first-order valence-corrected chi connectivity index (χ1v) is 8.21. The van der Waals surface area contributed by atoms with Gasteiger partial charge in [0.1, 0.15) is 0 Å². The molecule has 1 aromatic rings. The monoisotopic (exact) mass is 301 g/mol. The minimum atomic E-state index is -0.794. The van der Waals surface area contributed by atoms with Crippen LogP contribution in [0.2, 0.25) is 0 Å². The first-order chi connectivity index (χ1) is 10.7. The molecule has 0 heterocycles. The average molecular weight is 301 g/mol. The molecule has 2 bridgehead atoms. The second-order valence-electron chi connectivity index (χ2n) is 6.59. The van der Waals surface area contributed by atoms with Gasteiger partial charge >= 0.3 is 5.97 Å². The fraction of sp³-hybridized carbons (Fsp3) is 0.556. The highest BCUT2D eigenvalue weighted by Crippen LogP contribution is 2.49. The number of amides is 1. The topological polar surface area (TPSA) is 66.4 Å². The molecule has 3 aliphatic carbocycles. The van der Waals surface area contributed by atoms with Crippen molar-refractivity contribution < 1.29 is 14.7 Å². The summed E-state index contributed by atoms with van der Waals surface area (Å²) in [6.45, 7) is 0.572. The Labute approximate surface area is 130 Å². The Morgan fingerprint density at radius 3 is 2.18 bits per heavy atom. The Balaban J connectivity index is 1.59. The number of hydrogen-bond donors (Lipinski definition) is 2. The lowest BCUT2D eigenvalue weighted by atomic mass is 9.58. The number of carboxylic acid groups (broad SMARTS) is 1. The van der Waals surface area contributed by atoms with Crippen LogP contribution < -0.4 is 5.32 Å². The van der Waals surface area contributed by atoms with Crippen LogP contribution in [0.15, 0.2) is 30.3 Å². The number of carboxylic acids is 1. The van der Waals surface area contributed by atoms with Gasteiger partial charge in [0.15, 0.2) is 0 Å². The summed E-state index contributed by atoms with van der Waals surface area (Å²) in [7, 11) is 0. The predicted molar refractivity (Wildman–Crippen MR) is 83.2 cm³/mol. The molecule has 4 rings (SSSR count). The normalized spacial score (nSPS) is 30.0. The third-order valence-corrected chi connectivity index (χ3v) is 5.36. The third-order valence-electron chi connectivity index (χ3n) is 5.36. The number of fused-ring (bicyclic) bond motifs is 3. The largest absolute Gasteiger partial charge is 0.481 e. The molecule has 22 heavy (non-hydrogen) atoms. The van der Waals surface area contributed by atoms with Crippen molar-refractivity contribution in [2.24, 2.45) is 23.7 Å². The van der Waals surface area contributed by atoms with Crippen molar-refractivity contribution in [2.75, 3.05) is 6.54 Å². The van der Waals surface area contributed by atoms with Crippen molar-refractivity contribution >= 4 is 11.9 Å². The number of rotatable bonds is 5. The Morgan fingerprint density at radius 2 is 1.59 bits per heavy atom. The molecule has 0 aliphatic heterocycles. The zero-order chi connectivity index (χ0) is 15.5. The predicted octanol–water partition coefficient (Wildman–Crippen LogP) is 2.48. The number of hydrogen-bond acceptors (Lipinski definition) is 2. The number of benzene rings is 1. The fourth-order valence-corrected chi connectivity index (χ4v) is 4.27. The minimum absolute atomic E-state index is 0.0577. The van der Waals surface area contributed by atoms with Crippen molar-refractivity contribution in [3.8, 4) is 0 Å². The first kappa shape index (κ1) is 15.1. The summed E-state index contributed by atoms with van der Waals surface area (Å²) < 4.78 is 0. The minimum Gasteiger partial charge on any atom is -0.481 e. The Bertz CT molecular complexity index is 535. The van der Waals surface area contributed by atoms with Gasteiger partial charge in [-0.15, -0.1) is 0 Å². The number of carbonyl (C=O) groups excluding carboxylic acids is 1. The van der Waals surface area contributed by atoms with E-state index in [0.717, 1.165) is 32.1 Å². The van der Waals surface area contributed by atoms with Gasteiger partial charge in [-0.2, -0.15) is 0 Å². The molecule has 1 aromatic carbocycles. The number of nitrogens with one attached hydrogen (secondary N) is 1. The summed E-state index contributed by atoms with van der Waals surface area (Å²) in [6.07, 6.45) is 4.73. The van der Waals surface area contributed by atoms with Crippen molar-refractivity contribution in [1.29, 1.82) is 0 Å². The van der Waals surface area contributed by atoms with Gasteiger partial charge in [0.2, 0.25) is 5.91 Å². The third kappa shape index (κ3) is 3.01. The van der Waals surface area contributed by atoms with E-state index in [1.54, 1.807) is 0 Å². The lowest BCUT2D eigenvalue weighted by Gasteiger charge is -2.45. The maximum absolute atomic E-state index is 12.5. The summed E-state index contributed by atoms with van der Waals surface area (Å²) in [6, 6.07) is 10.0. The summed E-state index contributed by atoms with van der Waals surface area (Å²) in [4.78, 5) is 24.1. The Morgan fingerprint density at radius 1 is 1.00 bits per heavy atom. The Hall–Kier alpha value is -1.84. The lowest BCUT2D eigenvalue weighted by Crippen LogP contribution is -2.51. The zero-order valence-electron chi connectivity index (χ0n) is 12.7. The van der Waals surface area contributed by atoms with E-state index in [0.29, 0.717) is 6.54 Å². The van der Waals surface area contributed by atoms with Gasteiger partial charge in [-0.25, -0.2) is 0 Å². The van der Waals surface area contributed by atoms with Crippen LogP contribution in [-0.4, -0.2) is 23.5 Å². The van der Waals surface area contributed by atoms with Gasteiger partial charge in [0, 0.05) is 6.54 Å². The summed E-state index contributed by atoms with van der Waals surface area (Å²) in [5, 5.41) is 12.5. The second kappa shape index (κ2) is 6.51. The van der Waals surface area contributed by atoms with Crippen LogP contribution in [0.3, 0.4) is 0 Å². The fourth-order valence-electron chi connectivity index (χ4n) is 4.27. The van der Waals surface area contributed by atoms with E-state index in [9.17, 15) is 14.7 Å². The maximum Gasteiger partial charge on any atom is 0.307 e. The van der Waals surface area contributed by atoms with Gasteiger partial charge in [0.25, 0.3) is 0 Å². The molecule has 2 atom stereocenters. The maximum atomic E-state index is 12.5. The van der Waals surface area contributed by atoms with Gasteiger partial charge < -0.3 is 10.4 Å². The van der Waals surface area contributed by atoms with E-state index >= 15 is 0 Å².